The standard InChI is InChI=1S/C16H25ClN2/c1-4-13(18)9-12-5-6-15(14(17)10-12)19-8-7-16(2,3)11-19/h5-6,10,13H,4,7-9,11,18H2,1-3H3. The Morgan fingerprint density at radius 3 is 2.68 bits per heavy atom. The molecule has 2 nitrogen and oxygen atoms in total. The van der Waals surface area contributed by atoms with E-state index < -0.39 is 0 Å². The molecule has 1 unspecified atom stereocenters. The van der Waals surface area contributed by atoms with Gasteiger partial charge in [-0.2, -0.15) is 0 Å². The molecule has 1 aliphatic heterocycles. The molecule has 2 N–H and O–H groups in total. The van der Waals surface area contributed by atoms with Gasteiger partial charge in [0, 0.05) is 19.1 Å². The van der Waals surface area contributed by atoms with Crippen LogP contribution in [0.1, 0.15) is 39.2 Å². The zero-order chi connectivity index (χ0) is 14.0. The number of anilines is 1. The number of hydrogen-bond donors (Lipinski definition) is 1. The van der Waals surface area contributed by atoms with Gasteiger partial charge in [0.1, 0.15) is 0 Å². The number of nitrogens with zero attached hydrogens (tertiary/aromatic N) is 1. The first-order valence-electron chi connectivity index (χ1n) is 7.20. The topological polar surface area (TPSA) is 29.3 Å². The lowest BCUT2D eigenvalue weighted by Gasteiger charge is -2.23. The van der Waals surface area contributed by atoms with Crippen LogP contribution >= 0.6 is 11.6 Å². The molecule has 0 amide bonds. The summed E-state index contributed by atoms with van der Waals surface area (Å²) in [5.41, 5.74) is 8.80. The van der Waals surface area contributed by atoms with Crippen molar-refractivity contribution in [2.75, 3.05) is 18.0 Å². The normalized spacial score (nSPS) is 19.7. The maximum Gasteiger partial charge on any atom is 0.0642 e. The van der Waals surface area contributed by atoms with Gasteiger partial charge in [-0.05, 0) is 42.4 Å². The van der Waals surface area contributed by atoms with Crippen LogP contribution in [0, 0.1) is 5.41 Å². The molecular formula is C16H25ClN2. The van der Waals surface area contributed by atoms with Crippen molar-refractivity contribution < 1.29 is 0 Å². The summed E-state index contributed by atoms with van der Waals surface area (Å²) in [5.74, 6) is 0. The first-order valence-corrected chi connectivity index (χ1v) is 7.58. The van der Waals surface area contributed by atoms with Crippen LogP contribution in [0.5, 0.6) is 0 Å². The second kappa shape index (κ2) is 5.72. The fraction of sp³-hybridized carbons (Fsp3) is 0.625. The predicted octanol–water partition coefficient (Wildman–Crippen LogP) is 3.86. The lowest BCUT2D eigenvalue weighted by atomic mass is 9.93. The van der Waals surface area contributed by atoms with E-state index in [0.717, 1.165) is 31.0 Å². The number of halogens is 1. The smallest absolute Gasteiger partial charge is 0.0642 e. The van der Waals surface area contributed by atoms with Gasteiger partial charge in [0.25, 0.3) is 0 Å². The molecule has 1 heterocycles. The maximum atomic E-state index is 6.45. The van der Waals surface area contributed by atoms with E-state index in [0.29, 0.717) is 5.41 Å². The van der Waals surface area contributed by atoms with Crippen LogP contribution in [-0.2, 0) is 6.42 Å². The summed E-state index contributed by atoms with van der Waals surface area (Å²) < 4.78 is 0. The summed E-state index contributed by atoms with van der Waals surface area (Å²) >= 11 is 6.45. The Labute approximate surface area is 121 Å². The quantitative estimate of drug-likeness (QED) is 0.907. The average Bonchev–Trinajstić information content (AvgIpc) is 2.69. The lowest BCUT2D eigenvalue weighted by Crippen LogP contribution is -2.23. The van der Waals surface area contributed by atoms with Crippen molar-refractivity contribution in [3.05, 3.63) is 28.8 Å². The summed E-state index contributed by atoms with van der Waals surface area (Å²) in [4.78, 5) is 2.39. The monoisotopic (exact) mass is 280 g/mol. The minimum atomic E-state index is 0.229. The summed E-state index contributed by atoms with van der Waals surface area (Å²) in [6.45, 7) is 8.93. The van der Waals surface area contributed by atoms with Crippen LogP contribution in [0.3, 0.4) is 0 Å². The van der Waals surface area contributed by atoms with E-state index >= 15 is 0 Å². The molecule has 0 aromatic heterocycles. The second-order valence-corrected chi connectivity index (χ2v) is 6.90. The Morgan fingerprint density at radius 2 is 2.16 bits per heavy atom. The van der Waals surface area contributed by atoms with Gasteiger partial charge in [0.15, 0.2) is 0 Å². The van der Waals surface area contributed by atoms with Crippen molar-refractivity contribution in [2.45, 2.75) is 46.1 Å². The minimum Gasteiger partial charge on any atom is -0.370 e. The molecule has 1 fully saturated rings. The van der Waals surface area contributed by atoms with Crippen LogP contribution in [0.15, 0.2) is 18.2 Å². The van der Waals surface area contributed by atoms with E-state index in [2.05, 4.69) is 43.9 Å². The van der Waals surface area contributed by atoms with E-state index in [-0.39, 0.29) is 6.04 Å². The molecule has 1 atom stereocenters. The number of benzene rings is 1. The van der Waals surface area contributed by atoms with Crippen molar-refractivity contribution >= 4 is 17.3 Å². The van der Waals surface area contributed by atoms with E-state index in [1.165, 1.54) is 17.7 Å². The fourth-order valence-electron chi connectivity index (χ4n) is 2.70. The van der Waals surface area contributed by atoms with Crippen LogP contribution in [0.2, 0.25) is 5.02 Å². The zero-order valence-electron chi connectivity index (χ0n) is 12.2. The lowest BCUT2D eigenvalue weighted by molar-refractivity contribution is 0.418. The van der Waals surface area contributed by atoms with Gasteiger partial charge in [0.2, 0.25) is 0 Å². The second-order valence-electron chi connectivity index (χ2n) is 6.49. The average molecular weight is 281 g/mol. The predicted molar refractivity (Wildman–Crippen MR) is 84.0 cm³/mol. The van der Waals surface area contributed by atoms with Gasteiger partial charge >= 0.3 is 0 Å². The Bertz CT molecular complexity index is 442. The summed E-state index contributed by atoms with van der Waals surface area (Å²) in [6, 6.07) is 6.63. The fourth-order valence-corrected chi connectivity index (χ4v) is 3.02. The number of hydrogen-bond acceptors (Lipinski definition) is 2. The molecule has 2 rings (SSSR count). The van der Waals surface area contributed by atoms with Crippen molar-refractivity contribution in [2.24, 2.45) is 11.1 Å². The molecule has 1 aliphatic rings. The molecule has 0 aliphatic carbocycles. The Morgan fingerprint density at radius 1 is 1.42 bits per heavy atom. The molecule has 1 aromatic carbocycles. The highest BCUT2D eigenvalue weighted by molar-refractivity contribution is 6.33. The molecular weight excluding hydrogens is 256 g/mol. The molecule has 19 heavy (non-hydrogen) atoms. The van der Waals surface area contributed by atoms with Crippen LogP contribution in [0.4, 0.5) is 5.69 Å². The third-order valence-corrected chi connectivity index (χ3v) is 4.36. The minimum absolute atomic E-state index is 0.229. The highest BCUT2D eigenvalue weighted by Crippen LogP contribution is 2.36. The third kappa shape index (κ3) is 3.64. The Balaban J connectivity index is 2.12. The first-order chi connectivity index (χ1) is 8.91. The van der Waals surface area contributed by atoms with E-state index in [4.69, 9.17) is 17.3 Å². The van der Waals surface area contributed by atoms with E-state index in [9.17, 15) is 0 Å². The van der Waals surface area contributed by atoms with Gasteiger partial charge in [-0.1, -0.05) is 38.4 Å². The summed E-state index contributed by atoms with van der Waals surface area (Å²) in [7, 11) is 0. The molecule has 1 saturated heterocycles. The molecule has 1 aromatic rings. The van der Waals surface area contributed by atoms with Gasteiger partial charge in [-0.3, -0.25) is 0 Å². The van der Waals surface area contributed by atoms with Gasteiger partial charge in [0.05, 0.1) is 10.7 Å². The molecule has 0 bridgehead atoms. The zero-order valence-corrected chi connectivity index (χ0v) is 13.0. The van der Waals surface area contributed by atoms with Crippen LogP contribution < -0.4 is 10.6 Å². The SMILES string of the molecule is CCC(N)Cc1ccc(N2CCC(C)(C)C2)c(Cl)c1. The summed E-state index contributed by atoms with van der Waals surface area (Å²) in [5, 5.41) is 0.860. The number of rotatable bonds is 4. The first kappa shape index (κ1) is 14.7. The Hall–Kier alpha value is -0.730. The van der Waals surface area contributed by atoms with Gasteiger partial charge in [-0.15, -0.1) is 0 Å². The maximum absolute atomic E-state index is 6.45. The van der Waals surface area contributed by atoms with Gasteiger partial charge in [-0.25, -0.2) is 0 Å². The highest BCUT2D eigenvalue weighted by Gasteiger charge is 2.30. The Kier molecular flexibility index (Phi) is 4.42. The van der Waals surface area contributed by atoms with Crippen molar-refractivity contribution in [3.63, 3.8) is 0 Å². The van der Waals surface area contributed by atoms with Crippen LogP contribution in [0.25, 0.3) is 0 Å². The third-order valence-electron chi connectivity index (χ3n) is 4.05. The van der Waals surface area contributed by atoms with Gasteiger partial charge < -0.3 is 10.6 Å². The largest absolute Gasteiger partial charge is 0.370 e. The van der Waals surface area contributed by atoms with Crippen molar-refractivity contribution in [1.82, 2.24) is 0 Å². The van der Waals surface area contributed by atoms with E-state index in [1.807, 2.05) is 0 Å². The molecule has 0 radical (unpaired) electrons. The van der Waals surface area contributed by atoms with Crippen LogP contribution in [-0.4, -0.2) is 19.1 Å². The highest BCUT2D eigenvalue weighted by atomic mass is 35.5. The van der Waals surface area contributed by atoms with Crippen molar-refractivity contribution in [1.29, 1.82) is 0 Å². The molecule has 0 spiro atoms. The molecule has 3 heteroatoms. The van der Waals surface area contributed by atoms with Crippen molar-refractivity contribution in [3.8, 4) is 0 Å². The summed E-state index contributed by atoms with van der Waals surface area (Å²) in [6.07, 6.45) is 3.13. The van der Waals surface area contributed by atoms with E-state index in [1.54, 1.807) is 0 Å². The number of nitrogens with two attached hydrogens (primary N) is 1. The molecule has 106 valence electrons. The molecule has 0 saturated carbocycles.